The smallest absolute Gasteiger partial charge is 0.156 e. The van der Waals surface area contributed by atoms with Gasteiger partial charge in [-0.05, 0) is 13.8 Å². The number of nitrogens with zero attached hydrogens (tertiary/aromatic N) is 2. The zero-order valence-electron chi connectivity index (χ0n) is 10.4. The molecule has 1 N–H and O–H groups in total. The van der Waals surface area contributed by atoms with Gasteiger partial charge in [-0.2, -0.15) is 5.10 Å². The minimum atomic E-state index is 0.209. The molecule has 0 saturated heterocycles. The number of benzene rings is 1. The van der Waals surface area contributed by atoms with E-state index in [2.05, 4.69) is 34.6 Å². The highest BCUT2D eigenvalue weighted by molar-refractivity contribution is 5.92. The third-order valence-corrected chi connectivity index (χ3v) is 2.67. The molecule has 0 amide bonds. The van der Waals surface area contributed by atoms with Crippen LogP contribution in [0.3, 0.4) is 0 Å². The van der Waals surface area contributed by atoms with Gasteiger partial charge in [-0.3, -0.25) is 0 Å². The van der Waals surface area contributed by atoms with Crippen LogP contribution >= 0.6 is 0 Å². The Labute approximate surface area is 101 Å². The fourth-order valence-corrected chi connectivity index (χ4v) is 1.87. The molecule has 90 valence electrons. The molecule has 1 atom stereocenters. The van der Waals surface area contributed by atoms with Crippen LogP contribution in [0.5, 0.6) is 0 Å². The van der Waals surface area contributed by atoms with Crippen molar-refractivity contribution in [3.63, 3.8) is 0 Å². The van der Waals surface area contributed by atoms with E-state index in [0.717, 1.165) is 22.3 Å². The van der Waals surface area contributed by atoms with E-state index in [0.29, 0.717) is 6.61 Å². The van der Waals surface area contributed by atoms with Crippen molar-refractivity contribution in [3.8, 4) is 0 Å². The second-order valence-corrected chi connectivity index (χ2v) is 4.18. The molecule has 2 rings (SSSR count). The Bertz CT molecular complexity index is 513. The average Bonchev–Trinajstić information content (AvgIpc) is 2.34. The number of rotatable bonds is 4. The predicted molar refractivity (Wildman–Crippen MR) is 69.2 cm³/mol. The first-order chi connectivity index (χ1) is 8.22. The quantitative estimate of drug-likeness (QED) is 0.877. The Kier molecular flexibility index (Phi) is 3.54. The number of anilines is 1. The number of aromatic nitrogens is 2. The lowest BCUT2D eigenvalue weighted by atomic mass is 10.1. The summed E-state index contributed by atoms with van der Waals surface area (Å²) in [5, 5.41) is 13.9. The van der Waals surface area contributed by atoms with E-state index >= 15 is 0 Å². The predicted octanol–water partition coefficient (Wildman–Crippen LogP) is 2.39. The summed E-state index contributed by atoms with van der Waals surface area (Å²) in [6.45, 7) is 4.67. The molecule has 1 unspecified atom stereocenters. The maximum absolute atomic E-state index is 5.10. The first-order valence-electron chi connectivity index (χ1n) is 5.70. The van der Waals surface area contributed by atoms with Crippen LogP contribution in [0.2, 0.25) is 0 Å². The molecule has 0 spiro atoms. The lowest BCUT2D eigenvalue weighted by molar-refractivity contribution is 0.190. The fourth-order valence-electron chi connectivity index (χ4n) is 1.87. The molecule has 4 heteroatoms. The van der Waals surface area contributed by atoms with Gasteiger partial charge in [-0.15, -0.1) is 5.10 Å². The van der Waals surface area contributed by atoms with Crippen molar-refractivity contribution in [1.82, 2.24) is 10.2 Å². The molecule has 0 fully saturated rings. The maximum Gasteiger partial charge on any atom is 0.156 e. The first-order valence-corrected chi connectivity index (χ1v) is 5.70. The Morgan fingerprint density at radius 1 is 1.24 bits per heavy atom. The third kappa shape index (κ3) is 2.53. The number of nitrogens with one attached hydrogen (secondary N) is 1. The van der Waals surface area contributed by atoms with Gasteiger partial charge in [0.1, 0.15) is 0 Å². The van der Waals surface area contributed by atoms with Crippen LogP contribution in [-0.2, 0) is 4.74 Å². The van der Waals surface area contributed by atoms with E-state index in [-0.39, 0.29) is 6.04 Å². The zero-order chi connectivity index (χ0) is 12.3. The summed E-state index contributed by atoms with van der Waals surface area (Å²) in [7, 11) is 1.69. The van der Waals surface area contributed by atoms with Crippen LogP contribution in [0.25, 0.3) is 10.8 Å². The second kappa shape index (κ2) is 5.10. The third-order valence-electron chi connectivity index (χ3n) is 2.67. The lowest BCUT2D eigenvalue weighted by Gasteiger charge is -2.14. The Hall–Kier alpha value is -1.68. The minimum absolute atomic E-state index is 0.209. The highest BCUT2D eigenvalue weighted by Crippen LogP contribution is 2.22. The number of ether oxygens (including phenoxy) is 1. The van der Waals surface area contributed by atoms with Crippen molar-refractivity contribution in [1.29, 1.82) is 0 Å². The summed E-state index contributed by atoms with van der Waals surface area (Å²) in [5.74, 6) is 0.816. The molecule has 1 aromatic carbocycles. The van der Waals surface area contributed by atoms with Crippen LogP contribution < -0.4 is 5.32 Å². The van der Waals surface area contributed by atoms with Crippen molar-refractivity contribution in [2.45, 2.75) is 19.9 Å². The minimum Gasteiger partial charge on any atom is -0.383 e. The molecular formula is C13H17N3O. The second-order valence-electron chi connectivity index (χ2n) is 4.18. The number of aryl methyl sites for hydroxylation is 1. The number of methoxy groups -OCH3 is 1. The number of hydrogen-bond donors (Lipinski definition) is 1. The summed E-state index contributed by atoms with van der Waals surface area (Å²) >= 11 is 0. The van der Waals surface area contributed by atoms with E-state index in [1.165, 1.54) is 0 Å². The maximum atomic E-state index is 5.10. The fraction of sp³-hybridized carbons (Fsp3) is 0.385. The van der Waals surface area contributed by atoms with Gasteiger partial charge in [0.15, 0.2) is 5.82 Å². The summed E-state index contributed by atoms with van der Waals surface area (Å²) in [4.78, 5) is 0. The standard InChI is InChI=1S/C13H17N3O/c1-9(8-17-3)14-13-12-7-5-4-6-11(12)10(2)15-16-13/h4-7,9H,8H2,1-3H3,(H,14,16). The van der Waals surface area contributed by atoms with Gasteiger partial charge < -0.3 is 10.1 Å². The monoisotopic (exact) mass is 231 g/mol. The van der Waals surface area contributed by atoms with E-state index in [4.69, 9.17) is 4.74 Å². The molecule has 0 aliphatic rings. The normalized spacial score (nSPS) is 12.6. The summed E-state index contributed by atoms with van der Waals surface area (Å²) < 4.78 is 5.10. The Morgan fingerprint density at radius 2 is 1.94 bits per heavy atom. The summed E-state index contributed by atoms with van der Waals surface area (Å²) in [6, 6.07) is 8.35. The largest absolute Gasteiger partial charge is 0.383 e. The molecular weight excluding hydrogens is 214 g/mol. The van der Waals surface area contributed by atoms with E-state index < -0.39 is 0 Å². The zero-order valence-corrected chi connectivity index (χ0v) is 10.4. The Balaban J connectivity index is 2.38. The average molecular weight is 231 g/mol. The highest BCUT2D eigenvalue weighted by atomic mass is 16.5. The van der Waals surface area contributed by atoms with Crippen molar-refractivity contribution in [2.24, 2.45) is 0 Å². The summed E-state index contributed by atoms with van der Waals surface area (Å²) in [5.41, 5.74) is 0.950. The SMILES string of the molecule is COCC(C)Nc1nnc(C)c2ccccc12. The van der Waals surface area contributed by atoms with Crippen LogP contribution in [0.1, 0.15) is 12.6 Å². The molecule has 0 bridgehead atoms. The van der Waals surface area contributed by atoms with Crippen molar-refractivity contribution in [3.05, 3.63) is 30.0 Å². The Morgan fingerprint density at radius 3 is 2.65 bits per heavy atom. The van der Waals surface area contributed by atoms with Gasteiger partial charge in [0.2, 0.25) is 0 Å². The topological polar surface area (TPSA) is 47.0 Å². The van der Waals surface area contributed by atoms with Gasteiger partial charge in [0.25, 0.3) is 0 Å². The lowest BCUT2D eigenvalue weighted by Crippen LogP contribution is -2.22. The van der Waals surface area contributed by atoms with Crippen LogP contribution in [0.15, 0.2) is 24.3 Å². The van der Waals surface area contributed by atoms with Crippen LogP contribution in [-0.4, -0.2) is 30.0 Å². The molecule has 0 saturated carbocycles. The molecule has 0 aliphatic heterocycles. The van der Waals surface area contributed by atoms with Gasteiger partial charge in [0, 0.05) is 23.9 Å². The molecule has 1 heterocycles. The van der Waals surface area contributed by atoms with E-state index in [9.17, 15) is 0 Å². The van der Waals surface area contributed by atoms with Gasteiger partial charge in [-0.1, -0.05) is 24.3 Å². The van der Waals surface area contributed by atoms with Crippen LogP contribution in [0, 0.1) is 6.92 Å². The van der Waals surface area contributed by atoms with Crippen molar-refractivity contribution >= 4 is 16.6 Å². The highest BCUT2D eigenvalue weighted by Gasteiger charge is 2.08. The molecule has 2 aromatic rings. The molecule has 4 nitrogen and oxygen atoms in total. The summed E-state index contributed by atoms with van der Waals surface area (Å²) in [6.07, 6.45) is 0. The van der Waals surface area contributed by atoms with Gasteiger partial charge in [-0.25, -0.2) is 0 Å². The van der Waals surface area contributed by atoms with E-state index in [1.54, 1.807) is 7.11 Å². The molecule has 1 aromatic heterocycles. The van der Waals surface area contributed by atoms with Crippen LogP contribution in [0.4, 0.5) is 5.82 Å². The molecule has 17 heavy (non-hydrogen) atoms. The van der Waals surface area contributed by atoms with Gasteiger partial charge >= 0.3 is 0 Å². The molecule has 0 aliphatic carbocycles. The number of fused-ring (bicyclic) bond motifs is 1. The van der Waals surface area contributed by atoms with Crippen molar-refractivity contribution < 1.29 is 4.74 Å². The molecule has 0 radical (unpaired) electrons. The van der Waals surface area contributed by atoms with E-state index in [1.807, 2.05) is 19.1 Å². The first kappa shape index (κ1) is 11.8. The van der Waals surface area contributed by atoms with Crippen molar-refractivity contribution in [2.75, 3.05) is 19.0 Å². The van der Waals surface area contributed by atoms with Gasteiger partial charge in [0.05, 0.1) is 12.3 Å². The number of hydrogen-bond acceptors (Lipinski definition) is 4.